The molecule has 1 spiro atoms. The highest BCUT2D eigenvalue weighted by atomic mass is 16.5. The molecule has 3 rings (SSSR count). The van der Waals surface area contributed by atoms with E-state index in [0.29, 0.717) is 19.7 Å². The van der Waals surface area contributed by atoms with E-state index in [0.717, 1.165) is 45.2 Å². The Labute approximate surface area is 194 Å². The lowest BCUT2D eigenvalue weighted by atomic mass is 9.68. The normalized spacial score (nSPS) is 26.4. The first-order valence-electron chi connectivity index (χ1n) is 11.9. The zero-order valence-corrected chi connectivity index (χ0v) is 20.8. The van der Waals surface area contributed by atoms with Crippen molar-refractivity contribution < 1.29 is 9.53 Å². The number of carbonyl (C=O) groups excluding carboxylic acids is 1. The fourth-order valence-electron chi connectivity index (χ4n) is 5.87. The SMILES string of the molecule is C=NCC(C)(C)CN1C[C@]2(CC[C@](c3ccccc3)(N(C)C)CC2)N(CCCOC)C1=O. The highest BCUT2D eigenvalue weighted by Gasteiger charge is 2.54. The molecule has 0 atom stereocenters. The summed E-state index contributed by atoms with van der Waals surface area (Å²) in [5, 5.41) is 0. The third-order valence-electron chi connectivity index (χ3n) is 7.62. The molecule has 1 aliphatic heterocycles. The smallest absolute Gasteiger partial charge is 0.320 e. The average molecular weight is 443 g/mol. The van der Waals surface area contributed by atoms with Gasteiger partial charge in [-0.15, -0.1) is 0 Å². The molecule has 1 aliphatic carbocycles. The van der Waals surface area contributed by atoms with Gasteiger partial charge >= 0.3 is 6.03 Å². The number of aliphatic imine (C=N–C) groups is 1. The lowest BCUT2D eigenvalue weighted by Crippen LogP contribution is -2.55. The predicted octanol–water partition coefficient (Wildman–Crippen LogP) is 4.26. The largest absolute Gasteiger partial charge is 0.385 e. The van der Waals surface area contributed by atoms with Crippen LogP contribution in [0.4, 0.5) is 4.79 Å². The zero-order chi connectivity index (χ0) is 23.4. The summed E-state index contributed by atoms with van der Waals surface area (Å²) in [5.41, 5.74) is 1.22. The molecule has 1 heterocycles. The molecule has 1 saturated carbocycles. The summed E-state index contributed by atoms with van der Waals surface area (Å²) in [6.07, 6.45) is 4.98. The van der Waals surface area contributed by atoms with E-state index in [1.165, 1.54) is 5.56 Å². The molecule has 1 aromatic carbocycles. The van der Waals surface area contributed by atoms with E-state index >= 15 is 0 Å². The van der Waals surface area contributed by atoms with E-state index in [2.05, 4.69) is 84.7 Å². The van der Waals surface area contributed by atoms with Gasteiger partial charge in [-0.3, -0.25) is 4.90 Å². The Kier molecular flexibility index (Phi) is 7.66. The maximum atomic E-state index is 13.6. The van der Waals surface area contributed by atoms with Crippen molar-refractivity contribution in [1.82, 2.24) is 14.7 Å². The second kappa shape index (κ2) is 9.92. The van der Waals surface area contributed by atoms with Crippen molar-refractivity contribution >= 4 is 12.7 Å². The van der Waals surface area contributed by atoms with Gasteiger partial charge in [-0.1, -0.05) is 44.2 Å². The molecule has 2 fully saturated rings. The lowest BCUT2D eigenvalue weighted by Gasteiger charge is -2.51. The number of urea groups is 1. The van der Waals surface area contributed by atoms with Crippen LogP contribution >= 0.6 is 0 Å². The fraction of sp³-hybridized carbons (Fsp3) is 0.692. The van der Waals surface area contributed by atoms with E-state index in [9.17, 15) is 4.79 Å². The van der Waals surface area contributed by atoms with Crippen LogP contribution in [0.1, 0.15) is 51.5 Å². The van der Waals surface area contributed by atoms with Crippen molar-refractivity contribution in [1.29, 1.82) is 0 Å². The van der Waals surface area contributed by atoms with E-state index in [1.807, 2.05) is 0 Å². The molecule has 2 amide bonds. The van der Waals surface area contributed by atoms with Crippen LogP contribution in [-0.4, -0.2) is 87.0 Å². The lowest BCUT2D eigenvalue weighted by molar-refractivity contribution is 0.0220. The minimum Gasteiger partial charge on any atom is -0.385 e. The van der Waals surface area contributed by atoms with Gasteiger partial charge in [-0.25, -0.2) is 4.79 Å². The molecule has 178 valence electrons. The van der Waals surface area contributed by atoms with Crippen LogP contribution < -0.4 is 0 Å². The first-order valence-corrected chi connectivity index (χ1v) is 11.9. The van der Waals surface area contributed by atoms with Crippen molar-refractivity contribution in [2.75, 3.05) is 54.0 Å². The molecular formula is C26H42N4O2. The van der Waals surface area contributed by atoms with Gasteiger partial charge in [-0.2, -0.15) is 0 Å². The maximum absolute atomic E-state index is 13.6. The van der Waals surface area contributed by atoms with Gasteiger partial charge in [0.25, 0.3) is 0 Å². The van der Waals surface area contributed by atoms with Crippen LogP contribution in [-0.2, 0) is 10.3 Å². The van der Waals surface area contributed by atoms with E-state index in [-0.39, 0.29) is 22.5 Å². The Morgan fingerprint density at radius 3 is 2.38 bits per heavy atom. The first-order chi connectivity index (χ1) is 15.2. The summed E-state index contributed by atoms with van der Waals surface area (Å²) >= 11 is 0. The van der Waals surface area contributed by atoms with E-state index < -0.39 is 0 Å². The van der Waals surface area contributed by atoms with E-state index in [1.54, 1.807) is 7.11 Å². The summed E-state index contributed by atoms with van der Waals surface area (Å²) in [7, 11) is 6.11. The molecule has 6 nitrogen and oxygen atoms in total. The number of hydrogen-bond acceptors (Lipinski definition) is 4. The van der Waals surface area contributed by atoms with Crippen molar-refractivity contribution in [3.05, 3.63) is 35.9 Å². The maximum Gasteiger partial charge on any atom is 0.320 e. The standard InChI is InChI=1S/C26H42N4O2/c1-24(2,19-27-3)20-29-21-25(30(23(29)31)17-10-18-32-6)13-15-26(16-14-25,28(4)5)22-11-8-7-9-12-22/h7-9,11-12H,3,10,13-21H2,1-2,4-6H3/t25-,26+. The molecule has 0 bridgehead atoms. The topological polar surface area (TPSA) is 48.4 Å². The summed E-state index contributed by atoms with van der Waals surface area (Å²) in [4.78, 5) is 24.3. The Morgan fingerprint density at radius 2 is 1.81 bits per heavy atom. The van der Waals surface area contributed by atoms with Gasteiger partial charge in [0.1, 0.15) is 0 Å². The highest BCUT2D eigenvalue weighted by Crippen LogP contribution is 2.49. The molecular weight excluding hydrogens is 400 g/mol. The number of amides is 2. The third kappa shape index (κ3) is 4.86. The predicted molar refractivity (Wildman–Crippen MR) is 131 cm³/mol. The van der Waals surface area contributed by atoms with Gasteiger partial charge < -0.3 is 19.5 Å². The number of nitrogens with zero attached hydrogens (tertiary/aromatic N) is 4. The summed E-state index contributed by atoms with van der Waals surface area (Å²) in [5.74, 6) is 0. The van der Waals surface area contributed by atoms with Gasteiger partial charge in [0, 0.05) is 50.8 Å². The van der Waals surface area contributed by atoms with Crippen LogP contribution in [0, 0.1) is 5.41 Å². The van der Waals surface area contributed by atoms with Crippen LogP contribution in [0.25, 0.3) is 0 Å². The van der Waals surface area contributed by atoms with Crippen LogP contribution in [0.5, 0.6) is 0 Å². The second-order valence-electron chi connectivity index (χ2n) is 10.7. The minimum atomic E-state index is -0.100. The first kappa shape index (κ1) is 24.7. The Morgan fingerprint density at radius 1 is 1.16 bits per heavy atom. The number of methoxy groups -OCH3 is 1. The van der Waals surface area contributed by atoms with Gasteiger partial charge in [0.15, 0.2) is 0 Å². The van der Waals surface area contributed by atoms with E-state index in [4.69, 9.17) is 4.74 Å². The number of hydrogen-bond donors (Lipinski definition) is 0. The van der Waals surface area contributed by atoms with Crippen molar-refractivity contribution in [2.24, 2.45) is 10.4 Å². The third-order valence-corrected chi connectivity index (χ3v) is 7.62. The molecule has 0 radical (unpaired) electrons. The van der Waals surface area contributed by atoms with Crippen LogP contribution in [0.2, 0.25) is 0 Å². The molecule has 0 unspecified atom stereocenters. The summed E-state index contributed by atoms with van der Waals surface area (Å²) < 4.78 is 5.30. The minimum absolute atomic E-state index is 0.0210. The molecule has 1 aromatic rings. The molecule has 6 heteroatoms. The quantitative estimate of drug-likeness (QED) is 0.402. The van der Waals surface area contributed by atoms with Gasteiger partial charge in [0.2, 0.25) is 0 Å². The van der Waals surface area contributed by atoms with Crippen molar-refractivity contribution in [3.63, 3.8) is 0 Å². The number of rotatable bonds is 10. The summed E-state index contributed by atoms with van der Waals surface area (Å²) in [6.45, 7) is 11.6. The van der Waals surface area contributed by atoms with Gasteiger partial charge in [-0.05, 0) is 58.5 Å². The van der Waals surface area contributed by atoms with Crippen LogP contribution in [0.3, 0.4) is 0 Å². The van der Waals surface area contributed by atoms with Crippen molar-refractivity contribution in [3.8, 4) is 0 Å². The summed E-state index contributed by atoms with van der Waals surface area (Å²) in [6, 6.07) is 11.0. The average Bonchev–Trinajstić information content (AvgIpc) is 3.00. The Balaban J connectivity index is 1.84. The Bertz CT molecular complexity index is 769. The number of ether oxygens (including phenoxy) is 1. The molecule has 1 saturated heterocycles. The molecule has 2 aliphatic rings. The molecule has 0 N–H and O–H groups in total. The Hall–Kier alpha value is -1.92. The number of carbonyl (C=O) groups is 1. The van der Waals surface area contributed by atoms with Gasteiger partial charge in [0.05, 0.1) is 5.54 Å². The second-order valence-corrected chi connectivity index (χ2v) is 10.7. The van der Waals surface area contributed by atoms with Crippen molar-refractivity contribution in [2.45, 2.75) is 57.0 Å². The molecule has 0 aromatic heterocycles. The zero-order valence-electron chi connectivity index (χ0n) is 20.8. The van der Waals surface area contributed by atoms with Crippen LogP contribution in [0.15, 0.2) is 35.3 Å². The molecule has 32 heavy (non-hydrogen) atoms. The fourth-order valence-corrected chi connectivity index (χ4v) is 5.87. The number of benzene rings is 1. The monoisotopic (exact) mass is 442 g/mol. The highest BCUT2D eigenvalue weighted by molar-refractivity contribution is 5.78.